The molecule has 0 aliphatic carbocycles. The Morgan fingerprint density at radius 3 is 2.62 bits per heavy atom. The van der Waals surface area contributed by atoms with Gasteiger partial charge in [-0.15, -0.1) is 0 Å². The summed E-state index contributed by atoms with van der Waals surface area (Å²) >= 11 is 6.75. The fourth-order valence-electron chi connectivity index (χ4n) is 1.19. The van der Waals surface area contributed by atoms with E-state index in [0.29, 0.717) is 17.2 Å². The van der Waals surface area contributed by atoms with Gasteiger partial charge >= 0.3 is 0 Å². The van der Waals surface area contributed by atoms with Crippen molar-refractivity contribution in [1.29, 1.82) is 0 Å². The van der Waals surface area contributed by atoms with E-state index >= 15 is 0 Å². The second-order valence-corrected chi connectivity index (χ2v) is 4.78. The van der Waals surface area contributed by atoms with Gasteiger partial charge in [0.2, 0.25) is 0 Å². The predicted molar refractivity (Wildman–Crippen MR) is 70.6 cm³/mol. The van der Waals surface area contributed by atoms with Crippen molar-refractivity contribution in [3.05, 3.63) is 45.6 Å². The zero-order chi connectivity index (χ0) is 11.5. The van der Waals surface area contributed by atoms with Gasteiger partial charge in [0.05, 0.1) is 14.6 Å². The van der Waals surface area contributed by atoms with E-state index in [4.69, 9.17) is 10.5 Å². The molecule has 2 aromatic rings. The number of nitrogen functional groups attached to an aromatic ring is 1. The molecule has 2 rings (SSSR count). The largest absolute Gasteiger partial charge is 0.453 e. The molecular weight excluding hydrogens is 336 g/mol. The minimum Gasteiger partial charge on any atom is -0.453 e. The minimum atomic E-state index is 0.582. The highest BCUT2D eigenvalue weighted by atomic mass is 79.9. The number of aromatic nitrogens is 1. The topological polar surface area (TPSA) is 48.1 Å². The van der Waals surface area contributed by atoms with Gasteiger partial charge < -0.3 is 10.5 Å². The summed E-state index contributed by atoms with van der Waals surface area (Å²) in [6.45, 7) is 0. The van der Waals surface area contributed by atoms with Crippen LogP contribution < -0.4 is 10.5 Å². The van der Waals surface area contributed by atoms with Crippen LogP contribution in [0.5, 0.6) is 11.5 Å². The quantitative estimate of drug-likeness (QED) is 0.839. The van der Waals surface area contributed by atoms with Gasteiger partial charge in [-0.05, 0) is 44.0 Å². The second kappa shape index (κ2) is 4.84. The molecule has 82 valence electrons. The first-order valence-electron chi connectivity index (χ1n) is 4.50. The summed E-state index contributed by atoms with van der Waals surface area (Å²) in [6, 6.07) is 7.28. The number of anilines is 1. The van der Waals surface area contributed by atoms with Crippen LogP contribution in [0.3, 0.4) is 0 Å². The zero-order valence-electron chi connectivity index (χ0n) is 8.15. The summed E-state index contributed by atoms with van der Waals surface area (Å²) in [5.41, 5.74) is 6.41. The maximum Gasteiger partial charge on any atom is 0.164 e. The average molecular weight is 344 g/mol. The first kappa shape index (κ1) is 11.4. The molecule has 0 radical (unpaired) electrons. The lowest BCUT2D eigenvalue weighted by molar-refractivity contribution is 0.478. The maximum absolute atomic E-state index is 5.83. The molecule has 1 aromatic heterocycles. The van der Waals surface area contributed by atoms with Crippen molar-refractivity contribution in [2.45, 2.75) is 0 Å². The molecule has 0 spiro atoms. The van der Waals surface area contributed by atoms with Crippen molar-refractivity contribution in [3.63, 3.8) is 0 Å². The Labute approximate surface area is 110 Å². The molecule has 0 aliphatic heterocycles. The number of halogens is 2. The van der Waals surface area contributed by atoms with Crippen molar-refractivity contribution < 1.29 is 4.74 Å². The molecule has 0 saturated heterocycles. The van der Waals surface area contributed by atoms with Crippen LogP contribution in [-0.2, 0) is 0 Å². The Morgan fingerprint density at radius 2 is 1.94 bits per heavy atom. The molecule has 5 heteroatoms. The Morgan fingerprint density at radius 1 is 1.12 bits per heavy atom. The van der Waals surface area contributed by atoms with Crippen LogP contribution in [-0.4, -0.2) is 4.98 Å². The Balaban J connectivity index is 2.38. The van der Waals surface area contributed by atoms with Crippen molar-refractivity contribution >= 4 is 37.5 Å². The monoisotopic (exact) mass is 342 g/mol. The van der Waals surface area contributed by atoms with Crippen LogP contribution in [0.15, 0.2) is 45.6 Å². The molecule has 0 atom stereocenters. The average Bonchev–Trinajstić information content (AvgIpc) is 2.26. The first-order valence-corrected chi connectivity index (χ1v) is 6.08. The van der Waals surface area contributed by atoms with Crippen molar-refractivity contribution in [3.8, 4) is 11.5 Å². The number of ether oxygens (including phenoxy) is 1. The fourth-order valence-corrected chi connectivity index (χ4v) is 1.98. The molecule has 0 unspecified atom stereocenters. The first-order chi connectivity index (χ1) is 7.68. The number of hydrogen-bond acceptors (Lipinski definition) is 3. The zero-order valence-corrected chi connectivity index (χ0v) is 11.3. The smallest absolute Gasteiger partial charge is 0.164 e. The summed E-state index contributed by atoms with van der Waals surface area (Å²) in [4.78, 5) is 3.96. The van der Waals surface area contributed by atoms with Crippen LogP contribution >= 0.6 is 31.9 Å². The number of hydrogen-bond donors (Lipinski definition) is 1. The van der Waals surface area contributed by atoms with Crippen LogP contribution in [0.1, 0.15) is 0 Å². The SMILES string of the molecule is Nc1cccc(Br)c1Oc1ccncc1Br. The lowest BCUT2D eigenvalue weighted by Gasteiger charge is -2.10. The second-order valence-electron chi connectivity index (χ2n) is 3.07. The highest BCUT2D eigenvalue weighted by Crippen LogP contribution is 2.37. The van der Waals surface area contributed by atoms with E-state index in [0.717, 1.165) is 8.95 Å². The van der Waals surface area contributed by atoms with Crippen LogP contribution in [0, 0.1) is 0 Å². The van der Waals surface area contributed by atoms with Gasteiger partial charge in [0.15, 0.2) is 5.75 Å². The Kier molecular flexibility index (Phi) is 3.46. The Hall–Kier alpha value is -1.07. The molecule has 1 heterocycles. The molecule has 2 N–H and O–H groups in total. The molecule has 0 aliphatic rings. The molecule has 0 saturated carbocycles. The van der Waals surface area contributed by atoms with E-state index in [9.17, 15) is 0 Å². The van der Waals surface area contributed by atoms with Gasteiger partial charge in [-0.1, -0.05) is 6.07 Å². The predicted octanol–water partition coefficient (Wildman–Crippen LogP) is 3.98. The van der Waals surface area contributed by atoms with Crippen LogP contribution in [0.4, 0.5) is 5.69 Å². The number of benzene rings is 1. The molecule has 0 amide bonds. The summed E-state index contributed by atoms with van der Waals surface area (Å²) in [6.07, 6.45) is 3.33. The number of rotatable bonds is 2. The Bertz CT molecular complexity index is 497. The number of nitrogens with two attached hydrogens (primary N) is 1. The van der Waals surface area contributed by atoms with Gasteiger partial charge in [0.25, 0.3) is 0 Å². The van der Waals surface area contributed by atoms with Gasteiger partial charge in [-0.2, -0.15) is 0 Å². The number of para-hydroxylation sites is 1. The standard InChI is InChI=1S/C11H8Br2N2O/c12-7-2-1-3-9(14)11(7)16-10-4-5-15-6-8(10)13/h1-6H,14H2. The highest BCUT2D eigenvalue weighted by Gasteiger charge is 2.08. The molecule has 0 bridgehead atoms. The summed E-state index contributed by atoms with van der Waals surface area (Å²) in [7, 11) is 0. The van der Waals surface area contributed by atoms with E-state index < -0.39 is 0 Å². The third kappa shape index (κ3) is 2.36. The maximum atomic E-state index is 5.83. The summed E-state index contributed by atoms with van der Waals surface area (Å²) in [5, 5.41) is 0. The van der Waals surface area contributed by atoms with E-state index in [1.807, 2.05) is 12.1 Å². The van der Waals surface area contributed by atoms with Crippen LogP contribution in [0.25, 0.3) is 0 Å². The van der Waals surface area contributed by atoms with Gasteiger partial charge in [-0.25, -0.2) is 0 Å². The van der Waals surface area contributed by atoms with Crippen molar-refractivity contribution in [2.24, 2.45) is 0 Å². The van der Waals surface area contributed by atoms with Gasteiger partial charge in [0.1, 0.15) is 5.75 Å². The van der Waals surface area contributed by atoms with Crippen LogP contribution in [0.2, 0.25) is 0 Å². The number of nitrogens with zero attached hydrogens (tertiary/aromatic N) is 1. The van der Waals surface area contributed by atoms with Crippen molar-refractivity contribution in [1.82, 2.24) is 4.98 Å². The van der Waals surface area contributed by atoms with E-state index in [1.165, 1.54) is 0 Å². The van der Waals surface area contributed by atoms with Gasteiger partial charge in [-0.3, -0.25) is 4.98 Å². The van der Waals surface area contributed by atoms with E-state index in [-0.39, 0.29) is 0 Å². The molecule has 16 heavy (non-hydrogen) atoms. The van der Waals surface area contributed by atoms with E-state index in [2.05, 4.69) is 36.8 Å². The normalized spacial score (nSPS) is 10.1. The third-order valence-electron chi connectivity index (χ3n) is 1.94. The van der Waals surface area contributed by atoms with Gasteiger partial charge in [0, 0.05) is 18.5 Å². The molecular formula is C11H8Br2N2O. The third-order valence-corrected chi connectivity index (χ3v) is 3.16. The van der Waals surface area contributed by atoms with E-state index in [1.54, 1.807) is 24.5 Å². The minimum absolute atomic E-state index is 0.582. The van der Waals surface area contributed by atoms with Crippen molar-refractivity contribution in [2.75, 3.05) is 5.73 Å². The summed E-state index contributed by atoms with van der Waals surface area (Å²) in [5.74, 6) is 1.28. The summed E-state index contributed by atoms with van der Waals surface area (Å²) < 4.78 is 7.31. The molecule has 0 fully saturated rings. The highest BCUT2D eigenvalue weighted by molar-refractivity contribution is 9.11. The number of pyridine rings is 1. The molecule has 1 aromatic carbocycles. The molecule has 3 nitrogen and oxygen atoms in total. The fraction of sp³-hybridized carbons (Fsp3) is 0. The lowest BCUT2D eigenvalue weighted by atomic mass is 10.3. The lowest BCUT2D eigenvalue weighted by Crippen LogP contribution is -1.93.